The minimum Gasteiger partial charge on any atom is -0.469 e. The van der Waals surface area contributed by atoms with Crippen molar-refractivity contribution in [2.75, 3.05) is 6.54 Å². The lowest BCUT2D eigenvalue weighted by Gasteiger charge is -2.03. The first kappa shape index (κ1) is 14.4. The molecule has 0 radical (unpaired) electrons. The first-order valence-corrected chi connectivity index (χ1v) is 7.34. The van der Waals surface area contributed by atoms with E-state index in [1.54, 1.807) is 18.4 Å². The molecule has 0 aliphatic rings. The molecule has 0 atom stereocenters. The zero-order valence-corrected chi connectivity index (χ0v) is 12.6. The van der Waals surface area contributed by atoms with Gasteiger partial charge in [0.25, 0.3) is 5.91 Å². The molecule has 22 heavy (non-hydrogen) atoms. The Kier molecular flexibility index (Phi) is 3.96. The maximum atomic E-state index is 12.2. The van der Waals surface area contributed by atoms with E-state index in [-0.39, 0.29) is 11.8 Å². The van der Waals surface area contributed by atoms with Crippen LogP contribution in [0.3, 0.4) is 0 Å². The van der Waals surface area contributed by atoms with Crippen LogP contribution in [0.1, 0.15) is 41.8 Å². The van der Waals surface area contributed by atoms with E-state index in [2.05, 4.69) is 10.3 Å². The third-order valence-electron chi connectivity index (χ3n) is 3.40. The van der Waals surface area contributed by atoms with Gasteiger partial charge in [0, 0.05) is 24.4 Å². The molecular formula is C17H18N2O3. The van der Waals surface area contributed by atoms with Crippen molar-refractivity contribution in [3.63, 3.8) is 0 Å². The highest BCUT2D eigenvalue weighted by Crippen LogP contribution is 2.22. The third-order valence-corrected chi connectivity index (χ3v) is 3.40. The van der Waals surface area contributed by atoms with Crippen molar-refractivity contribution < 1.29 is 13.6 Å². The lowest BCUT2D eigenvalue weighted by molar-refractivity contribution is 0.0953. The van der Waals surface area contributed by atoms with Gasteiger partial charge in [-0.2, -0.15) is 0 Å². The van der Waals surface area contributed by atoms with E-state index in [0.29, 0.717) is 30.0 Å². The number of nitrogens with one attached hydrogen (secondary N) is 1. The van der Waals surface area contributed by atoms with Crippen LogP contribution in [0.15, 0.2) is 45.4 Å². The number of carbonyl (C=O) groups excluding carboxylic acids is 1. The maximum absolute atomic E-state index is 12.2. The van der Waals surface area contributed by atoms with Gasteiger partial charge in [-0.3, -0.25) is 4.79 Å². The summed E-state index contributed by atoms with van der Waals surface area (Å²) in [6, 6.07) is 9.03. The number of hydrogen-bond donors (Lipinski definition) is 1. The second-order valence-electron chi connectivity index (χ2n) is 5.47. The normalized spacial score (nSPS) is 11.2. The largest absolute Gasteiger partial charge is 0.469 e. The highest BCUT2D eigenvalue weighted by molar-refractivity contribution is 5.97. The predicted octanol–water partition coefficient (Wildman–Crippen LogP) is 3.52. The Labute approximate surface area is 128 Å². The van der Waals surface area contributed by atoms with Crippen LogP contribution < -0.4 is 5.32 Å². The van der Waals surface area contributed by atoms with Crippen LogP contribution in [-0.2, 0) is 6.42 Å². The van der Waals surface area contributed by atoms with Crippen LogP contribution in [-0.4, -0.2) is 17.4 Å². The molecule has 3 aromatic rings. The molecule has 0 spiro atoms. The van der Waals surface area contributed by atoms with Crippen LogP contribution in [0.5, 0.6) is 0 Å². The molecule has 0 unspecified atom stereocenters. The van der Waals surface area contributed by atoms with Crippen molar-refractivity contribution in [3.8, 4) is 0 Å². The van der Waals surface area contributed by atoms with Crippen LogP contribution in [0, 0.1) is 0 Å². The van der Waals surface area contributed by atoms with Gasteiger partial charge in [0.1, 0.15) is 11.3 Å². The quantitative estimate of drug-likeness (QED) is 0.782. The van der Waals surface area contributed by atoms with E-state index >= 15 is 0 Å². The Morgan fingerprint density at radius 3 is 2.91 bits per heavy atom. The number of benzene rings is 1. The number of furan rings is 1. The monoisotopic (exact) mass is 298 g/mol. The molecule has 0 saturated carbocycles. The summed E-state index contributed by atoms with van der Waals surface area (Å²) >= 11 is 0. The van der Waals surface area contributed by atoms with E-state index in [1.165, 1.54) is 0 Å². The summed E-state index contributed by atoms with van der Waals surface area (Å²) in [5.74, 6) is 1.63. The lowest BCUT2D eigenvalue weighted by atomic mass is 10.2. The van der Waals surface area contributed by atoms with E-state index in [1.807, 2.05) is 32.0 Å². The summed E-state index contributed by atoms with van der Waals surface area (Å²) in [5.41, 5.74) is 1.98. The average Bonchev–Trinajstić information content (AvgIpc) is 3.15. The molecule has 5 nitrogen and oxygen atoms in total. The molecule has 0 aliphatic carbocycles. The number of aromatic nitrogens is 1. The molecule has 114 valence electrons. The number of rotatable bonds is 5. The minimum absolute atomic E-state index is 0.129. The molecule has 0 saturated heterocycles. The second kappa shape index (κ2) is 6.05. The van der Waals surface area contributed by atoms with Gasteiger partial charge < -0.3 is 14.2 Å². The van der Waals surface area contributed by atoms with Crippen molar-refractivity contribution >= 4 is 17.0 Å². The van der Waals surface area contributed by atoms with Crippen molar-refractivity contribution in [2.45, 2.75) is 26.2 Å². The average molecular weight is 298 g/mol. The number of carbonyl (C=O) groups is 1. The summed E-state index contributed by atoms with van der Waals surface area (Å²) in [6.07, 6.45) is 2.29. The summed E-state index contributed by atoms with van der Waals surface area (Å²) < 4.78 is 10.9. The predicted molar refractivity (Wildman–Crippen MR) is 82.8 cm³/mol. The van der Waals surface area contributed by atoms with E-state index in [4.69, 9.17) is 8.83 Å². The van der Waals surface area contributed by atoms with E-state index < -0.39 is 0 Å². The molecule has 2 heterocycles. The molecule has 1 N–H and O–H groups in total. The van der Waals surface area contributed by atoms with E-state index in [9.17, 15) is 4.79 Å². The molecular weight excluding hydrogens is 280 g/mol. The van der Waals surface area contributed by atoms with Crippen molar-refractivity contribution in [3.05, 3.63) is 53.8 Å². The molecule has 0 aliphatic heterocycles. The summed E-state index contributed by atoms with van der Waals surface area (Å²) in [4.78, 5) is 16.6. The van der Waals surface area contributed by atoms with Gasteiger partial charge in [0.2, 0.25) is 0 Å². The first-order valence-electron chi connectivity index (χ1n) is 7.34. The van der Waals surface area contributed by atoms with Crippen LogP contribution in [0.25, 0.3) is 11.1 Å². The zero-order chi connectivity index (χ0) is 15.5. The number of amides is 1. The van der Waals surface area contributed by atoms with Gasteiger partial charge in [-0.05, 0) is 30.3 Å². The molecule has 0 bridgehead atoms. The van der Waals surface area contributed by atoms with Gasteiger partial charge >= 0.3 is 0 Å². The Bertz CT molecular complexity index is 772. The van der Waals surface area contributed by atoms with Gasteiger partial charge in [0.15, 0.2) is 11.5 Å². The first-order chi connectivity index (χ1) is 10.6. The van der Waals surface area contributed by atoms with Crippen LogP contribution in [0.4, 0.5) is 0 Å². The third kappa shape index (κ3) is 3.03. The van der Waals surface area contributed by atoms with Crippen molar-refractivity contribution in [1.29, 1.82) is 0 Å². The fourth-order valence-corrected chi connectivity index (χ4v) is 2.19. The smallest absolute Gasteiger partial charge is 0.251 e. The standard InChI is InChI=1S/C17H18N2O3/c1-11(2)17-19-14-6-5-12(10-15(14)22-17)16(20)18-8-7-13-4-3-9-21-13/h3-6,9-11H,7-8H2,1-2H3,(H,18,20). The number of oxazole rings is 1. The number of hydrogen-bond acceptors (Lipinski definition) is 4. The summed E-state index contributed by atoms with van der Waals surface area (Å²) in [6.45, 7) is 4.57. The lowest BCUT2D eigenvalue weighted by Crippen LogP contribution is -2.25. The molecule has 0 fully saturated rings. The highest BCUT2D eigenvalue weighted by Gasteiger charge is 2.12. The van der Waals surface area contributed by atoms with Crippen molar-refractivity contribution in [2.24, 2.45) is 0 Å². The van der Waals surface area contributed by atoms with Crippen LogP contribution in [0.2, 0.25) is 0 Å². The molecule has 3 rings (SSSR count). The second-order valence-corrected chi connectivity index (χ2v) is 5.47. The number of fused-ring (bicyclic) bond motifs is 1. The topological polar surface area (TPSA) is 68.3 Å². The van der Waals surface area contributed by atoms with E-state index in [0.717, 1.165) is 11.3 Å². The highest BCUT2D eigenvalue weighted by atomic mass is 16.3. The Morgan fingerprint density at radius 2 is 2.18 bits per heavy atom. The maximum Gasteiger partial charge on any atom is 0.251 e. The van der Waals surface area contributed by atoms with Gasteiger partial charge in [-0.15, -0.1) is 0 Å². The van der Waals surface area contributed by atoms with Gasteiger partial charge in [-0.25, -0.2) is 4.98 Å². The zero-order valence-electron chi connectivity index (χ0n) is 12.6. The van der Waals surface area contributed by atoms with Gasteiger partial charge in [-0.1, -0.05) is 13.8 Å². The summed E-state index contributed by atoms with van der Waals surface area (Å²) in [7, 11) is 0. The number of nitrogens with zero attached hydrogens (tertiary/aromatic N) is 1. The van der Waals surface area contributed by atoms with Crippen LogP contribution >= 0.6 is 0 Å². The Morgan fingerprint density at radius 1 is 1.32 bits per heavy atom. The Balaban J connectivity index is 1.68. The summed E-state index contributed by atoms with van der Waals surface area (Å²) in [5, 5.41) is 2.87. The fourth-order valence-electron chi connectivity index (χ4n) is 2.19. The molecule has 1 aromatic carbocycles. The van der Waals surface area contributed by atoms with Crippen molar-refractivity contribution in [1.82, 2.24) is 10.3 Å². The fraction of sp³-hybridized carbons (Fsp3) is 0.294. The van der Waals surface area contributed by atoms with Gasteiger partial charge in [0.05, 0.1) is 6.26 Å². The molecule has 2 aromatic heterocycles. The minimum atomic E-state index is -0.129. The SMILES string of the molecule is CC(C)c1nc2ccc(C(=O)NCCc3ccco3)cc2o1. The Hall–Kier alpha value is -2.56. The molecule has 1 amide bonds. The molecule has 5 heteroatoms.